The number of rotatable bonds is 2. The van der Waals surface area contributed by atoms with Crippen LogP contribution >= 0.6 is 11.3 Å². The third-order valence-electron chi connectivity index (χ3n) is 5.85. The zero-order chi connectivity index (χ0) is 19.2. The standard InChI is InChI=1S/C21H28N4OS/c1-20(2,3)19-22-12-16-17(23-19)21(14-24(4)18(16)26)7-9-25(10-8-21)13-15-6-5-11-27-15/h5-6,11-12H,7-10,13-14H2,1-4H3. The van der Waals surface area contributed by atoms with Crippen molar-refractivity contribution < 1.29 is 4.79 Å². The lowest BCUT2D eigenvalue weighted by Gasteiger charge is -2.46. The first-order valence-electron chi connectivity index (χ1n) is 9.67. The molecule has 1 spiro atoms. The average molecular weight is 385 g/mol. The molecule has 0 atom stereocenters. The van der Waals surface area contributed by atoms with Gasteiger partial charge in [-0.25, -0.2) is 9.97 Å². The number of piperidine rings is 1. The fourth-order valence-corrected chi connectivity index (χ4v) is 5.01. The maximum absolute atomic E-state index is 12.7. The van der Waals surface area contributed by atoms with Crippen LogP contribution in [-0.4, -0.2) is 52.4 Å². The fourth-order valence-electron chi connectivity index (χ4n) is 4.27. The van der Waals surface area contributed by atoms with Gasteiger partial charge in [0.25, 0.3) is 5.91 Å². The Bertz CT molecular complexity index is 832. The topological polar surface area (TPSA) is 49.3 Å². The number of aromatic nitrogens is 2. The van der Waals surface area contributed by atoms with Gasteiger partial charge in [-0.2, -0.15) is 0 Å². The Labute approximate surface area is 165 Å². The maximum atomic E-state index is 12.7. The van der Waals surface area contributed by atoms with E-state index in [0.717, 1.165) is 50.5 Å². The molecular weight excluding hydrogens is 356 g/mol. The van der Waals surface area contributed by atoms with Gasteiger partial charge in [0.1, 0.15) is 5.82 Å². The molecule has 1 fully saturated rings. The van der Waals surface area contributed by atoms with Crippen LogP contribution in [0.5, 0.6) is 0 Å². The van der Waals surface area contributed by atoms with Crippen LogP contribution in [0.25, 0.3) is 0 Å². The summed E-state index contributed by atoms with van der Waals surface area (Å²) in [6, 6.07) is 4.33. The molecule has 0 radical (unpaired) electrons. The minimum Gasteiger partial charge on any atom is -0.341 e. The third kappa shape index (κ3) is 3.41. The highest BCUT2D eigenvalue weighted by Crippen LogP contribution is 2.41. The van der Waals surface area contributed by atoms with Gasteiger partial charge in [-0.15, -0.1) is 11.3 Å². The molecule has 0 N–H and O–H groups in total. The molecule has 6 heteroatoms. The van der Waals surface area contributed by atoms with E-state index < -0.39 is 0 Å². The second kappa shape index (κ2) is 6.67. The summed E-state index contributed by atoms with van der Waals surface area (Å²) in [7, 11) is 1.91. The summed E-state index contributed by atoms with van der Waals surface area (Å²) in [5.74, 6) is 0.885. The monoisotopic (exact) mass is 384 g/mol. The van der Waals surface area contributed by atoms with Gasteiger partial charge in [0.05, 0.1) is 11.3 Å². The average Bonchev–Trinajstić information content (AvgIpc) is 3.14. The SMILES string of the molecule is CN1CC2(CCN(Cc3cccs3)CC2)c2nc(C(C)(C)C)ncc2C1=O. The molecule has 5 nitrogen and oxygen atoms in total. The Hall–Kier alpha value is -1.79. The van der Waals surface area contributed by atoms with Crippen molar-refractivity contribution in [2.45, 2.75) is 51.0 Å². The molecule has 4 heterocycles. The zero-order valence-corrected chi connectivity index (χ0v) is 17.5. The van der Waals surface area contributed by atoms with Gasteiger partial charge < -0.3 is 4.90 Å². The highest BCUT2D eigenvalue weighted by Gasteiger charge is 2.46. The minimum atomic E-state index is -0.123. The Morgan fingerprint density at radius 1 is 1.26 bits per heavy atom. The highest BCUT2D eigenvalue weighted by atomic mass is 32.1. The molecule has 2 aliphatic heterocycles. The summed E-state index contributed by atoms with van der Waals surface area (Å²) < 4.78 is 0. The minimum absolute atomic E-state index is 0.0487. The normalized spacial score (nSPS) is 20.1. The van der Waals surface area contributed by atoms with Crippen molar-refractivity contribution >= 4 is 17.2 Å². The molecule has 4 rings (SSSR count). The lowest BCUT2D eigenvalue weighted by Crippen LogP contribution is -2.53. The number of thiophene rings is 1. The van der Waals surface area contributed by atoms with E-state index in [1.54, 1.807) is 6.20 Å². The highest BCUT2D eigenvalue weighted by molar-refractivity contribution is 7.09. The van der Waals surface area contributed by atoms with Crippen LogP contribution in [0.3, 0.4) is 0 Å². The predicted octanol–water partition coefficient (Wildman–Crippen LogP) is 3.46. The van der Waals surface area contributed by atoms with Crippen molar-refractivity contribution in [2.75, 3.05) is 26.7 Å². The Kier molecular flexibility index (Phi) is 4.59. The molecule has 0 bridgehead atoms. The van der Waals surface area contributed by atoms with Gasteiger partial charge in [-0.1, -0.05) is 26.8 Å². The number of likely N-dealkylation sites (N-methyl/N-ethyl adjacent to an activating group) is 1. The van der Waals surface area contributed by atoms with Crippen molar-refractivity contribution in [3.63, 3.8) is 0 Å². The van der Waals surface area contributed by atoms with Crippen molar-refractivity contribution in [2.24, 2.45) is 0 Å². The van der Waals surface area contributed by atoms with Crippen molar-refractivity contribution in [3.05, 3.63) is 45.7 Å². The molecule has 2 aromatic rings. The number of amides is 1. The molecule has 0 saturated carbocycles. The summed E-state index contributed by atoms with van der Waals surface area (Å²) >= 11 is 1.82. The Balaban J connectivity index is 1.64. The van der Waals surface area contributed by atoms with Crippen LogP contribution in [-0.2, 0) is 17.4 Å². The van der Waals surface area contributed by atoms with Gasteiger partial charge in [-0.3, -0.25) is 9.69 Å². The number of hydrogen-bond donors (Lipinski definition) is 0. The third-order valence-corrected chi connectivity index (χ3v) is 6.71. The summed E-state index contributed by atoms with van der Waals surface area (Å²) in [5.41, 5.74) is 1.51. The molecule has 0 aliphatic carbocycles. The number of likely N-dealkylation sites (tertiary alicyclic amines) is 1. The zero-order valence-electron chi connectivity index (χ0n) is 16.7. The maximum Gasteiger partial charge on any atom is 0.257 e. The first kappa shape index (κ1) is 18.6. The molecular formula is C21H28N4OS. The van der Waals surface area contributed by atoms with Crippen LogP contribution in [0.15, 0.2) is 23.7 Å². The lowest BCUT2D eigenvalue weighted by atomic mass is 9.71. The number of carbonyl (C=O) groups excluding carboxylic acids is 1. The molecule has 2 aromatic heterocycles. The van der Waals surface area contributed by atoms with Crippen molar-refractivity contribution in [1.29, 1.82) is 0 Å². The molecule has 144 valence electrons. The van der Waals surface area contributed by atoms with E-state index in [1.807, 2.05) is 23.3 Å². The van der Waals surface area contributed by atoms with E-state index in [-0.39, 0.29) is 16.7 Å². The summed E-state index contributed by atoms with van der Waals surface area (Å²) in [5, 5.41) is 2.14. The van der Waals surface area contributed by atoms with E-state index in [2.05, 4.69) is 48.2 Å². The predicted molar refractivity (Wildman–Crippen MR) is 108 cm³/mol. The summed E-state index contributed by atoms with van der Waals surface area (Å²) in [6.45, 7) is 10.2. The van der Waals surface area contributed by atoms with Crippen molar-refractivity contribution in [3.8, 4) is 0 Å². The number of hydrogen-bond acceptors (Lipinski definition) is 5. The van der Waals surface area contributed by atoms with Crippen LogP contribution < -0.4 is 0 Å². The van der Waals surface area contributed by atoms with E-state index >= 15 is 0 Å². The van der Waals surface area contributed by atoms with Crippen LogP contribution in [0.2, 0.25) is 0 Å². The molecule has 1 amide bonds. The molecule has 1 saturated heterocycles. The number of carbonyl (C=O) groups is 1. The lowest BCUT2D eigenvalue weighted by molar-refractivity contribution is 0.0623. The van der Waals surface area contributed by atoms with Gasteiger partial charge in [0, 0.05) is 42.0 Å². The van der Waals surface area contributed by atoms with Crippen LogP contribution in [0, 0.1) is 0 Å². The smallest absolute Gasteiger partial charge is 0.257 e. The Morgan fingerprint density at radius 3 is 2.63 bits per heavy atom. The van der Waals surface area contributed by atoms with E-state index in [0.29, 0.717) is 5.56 Å². The largest absolute Gasteiger partial charge is 0.341 e. The van der Waals surface area contributed by atoms with Gasteiger partial charge in [0.2, 0.25) is 0 Å². The second-order valence-electron chi connectivity index (χ2n) is 9.00. The van der Waals surface area contributed by atoms with Gasteiger partial charge in [-0.05, 0) is 37.4 Å². The fraction of sp³-hybridized carbons (Fsp3) is 0.571. The number of nitrogens with zero attached hydrogens (tertiary/aromatic N) is 4. The van der Waals surface area contributed by atoms with E-state index in [4.69, 9.17) is 4.98 Å². The summed E-state index contributed by atoms with van der Waals surface area (Å²) in [4.78, 5) is 28.0. The van der Waals surface area contributed by atoms with E-state index in [9.17, 15) is 4.79 Å². The quantitative estimate of drug-likeness (QED) is 0.796. The van der Waals surface area contributed by atoms with E-state index in [1.165, 1.54) is 4.88 Å². The molecule has 0 unspecified atom stereocenters. The van der Waals surface area contributed by atoms with Crippen LogP contribution in [0.1, 0.15) is 60.4 Å². The number of fused-ring (bicyclic) bond motifs is 2. The molecule has 0 aromatic carbocycles. The molecule has 2 aliphatic rings. The molecule has 27 heavy (non-hydrogen) atoms. The van der Waals surface area contributed by atoms with Gasteiger partial charge >= 0.3 is 0 Å². The first-order chi connectivity index (χ1) is 12.8. The summed E-state index contributed by atoms with van der Waals surface area (Å²) in [6.07, 6.45) is 3.83. The Morgan fingerprint density at radius 2 is 2.00 bits per heavy atom. The first-order valence-corrected chi connectivity index (χ1v) is 10.5. The second-order valence-corrected chi connectivity index (χ2v) is 10.0. The van der Waals surface area contributed by atoms with Crippen molar-refractivity contribution in [1.82, 2.24) is 19.8 Å². The van der Waals surface area contributed by atoms with Crippen LogP contribution in [0.4, 0.5) is 0 Å². The van der Waals surface area contributed by atoms with Gasteiger partial charge in [0.15, 0.2) is 0 Å².